The van der Waals surface area contributed by atoms with Gasteiger partial charge in [0.2, 0.25) is 0 Å². The summed E-state index contributed by atoms with van der Waals surface area (Å²) in [6.07, 6.45) is 0.790. The van der Waals surface area contributed by atoms with Gasteiger partial charge in [-0.1, -0.05) is 18.5 Å². The molecule has 1 aliphatic rings. The number of halogens is 1. The van der Waals surface area contributed by atoms with Crippen molar-refractivity contribution in [3.05, 3.63) is 29.3 Å². The SMILES string of the molecule is CC[C@@H]1C(=O)N(c2ccc(Cl)cc2)N=C1C. The average molecular weight is 237 g/mol. The number of hydrogen-bond acceptors (Lipinski definition) is 2. The lowest BCUT2D eigenvalue weighted by molar-refractivity contribution is -0.119. The third-order valence-corrected chi connectivity index (χ3v) is 3.00. The van der Waals surface area contributed by atoms with Crippen molar-refractivity contribution >= 4 is 28.9 Å². The molecule has 2 rings (SSSR count). The quantitative estimate of drug-likeness (QED) is 0.777. The summed E-state index contributed by atoms with van der Waals surface area (Å²) in [5.41, 5.74) is 1.65. The van der Waals surface area contributed by atoms with E-state index in [9.17, 15) is 4.79 Å². The van der Waals surface area contributed by atoms with Gasteiger partial charge in [0.25, 0.3) is 5.91 Å². The third kappa shape index (κ3) is 1.83. The summed E-state index contributed by atoms with van der Waals surface area (Å²) in [6.45, 7) is 3.88. The van der Waals surface area contributed by atoms with Crippen LogP contribution >= 0.6 is 11.6 Å². The molecule has 84 valence electrons. The topological polar surface area (TPSA) is 32.7 Å². The monoisotopic (exact) mass is 236 g/mol. The molecule has 4 heteroatoms. The van der Waals surface area contributed by atoms with Crippen LogP contribution in [0.25, 0.3) is 0 Å². The third-order valence-electron chi connectivity index (χ3n) is 2.75. The molecule has 0 spiro atoms. The molecule has 0 N–H and O–H groups in total. The number of benzene rings is 1. The second kappa shape index (κ2) is 4.26. The van der Waals surface area contributed by atoms with Gasteiger partial charge < -0.3 is 0 Å². The van der Waals surface area contributed by atoms with E-state index in [0.717, 1.165) is 17.8 Å². The number of rotatable bonds is 2. The number of carbonyl (C=O) groups excluding carboxylic acids is 1. The lowest BCUT2D eigenvalue weighted by atomic mass is 10.0. The predicted octanol–water partition coefficient (Wildman–Crippen LogP) is 3.09. The van der Waals surface area contributed by atoms with Crippen molar-refractivity contribution in [2.45, 2.75) is 20.3 Å². The van der Waals surface area contributed by atoms with Crippen LogP contribution in [-0.2, 0) is 4.79 Å². The fourth-order valence-electron chi connectivity index (χ4n) is 1.84. The van der Waals surface area contributed by atoms with Gasteiger partial charge in [-0.3, -0.25) is 4.79 Å². The summed E-state index contributed by atoms with van der Waals surface area (Å²) < 4.78 is 0. The van der Waals surface area contributed by atoms with Crippen LogP contribution in [0.1, 0.15) is 20.3 Å². The Balaban J connectivity index is 2.30. The molecule has 0 radical (unpaired) electrons. The molecule has 1 amide bonds. The maximum absolute atomic E-state index is 12.0. The van der Waals surface area contributed by atoms with Crippen LogP contribution < -0.4 is 5.01 Å². The van der Waals surface area contributed by atoms with E-state index in [4.69, 9.17) is 11.6 Å². The molecule has 3 nitrogen and oxygen atoms in total. The first-order valence-electron chi connectivity index (χ1n) is 5.28. The van der Waals surface area contributed by atoms with Gasteiger partial charge in [-0.2, -0.15) is 5.10 Å². The molecule has 0 aliphatic carbocycles. The Labute approximate surface area is 99.7 Å². The number of hydrazone groups is 1. The second-order valence-electron chi connectivity index (χ2n) is 3.83. The predicted molar refractivity (Wildman–Crippen MR) is 65.8 cm³/mol. The number of anilines is 1. The van der Waals surface area contributed by atoms with Gasteiger partial charge in [-0.15, -0.1) is 0 Å². The fourth-order valence-corrected chi connectivity index (χ4v) is 1.97. The molecule has 0 aromatic heterocycles. The van der Waals surface area contributed by atoms with Crippen molar-refractivity contribution in [1.82, 2.24) is 0 Å². The second-order valence-corrected chi connectivity index (χ2v) is 4.27. The van der Waals surface area contributed by atoms with Crippen LogP contribution in [0.4, 0.5) is 5.69 Å². The summed E-state index contributed by atoms with van der Waals surface area (Å²) in [5, 5.41) is 6.39. The van der Waals surface area contributed by atoms with Crippen LogP contribution in [0.5, 0.6) is 0 Å². The molecule has 0 bridgehead atoms. The minimum atomic E-state index is -0.0734. The van der Waals surface area contributed by atoms with E-state index in [-0.39, 0.29) is 11.8 Å². The Bertz CT molecular complexity index is 439. The van der Waals surface area contributed by atoms with Crippen molar-refractivity contribution in [2.24, 2.45) is 11.0 Å². The van der Waals surface area contributed by atoms with Crippen LogP contribution in [-0.4, -0.2) is 11.6 Å². The maximum Gasteiger partial charge on any atom is 0.256 e. The molecular weight excluding hydrogens is 224 g/mol. The highest BCUT2D eigenvalue weighted by atomic mass is 35.5. The number of amides is 1. The van der Waals surface area contributed by atoms with E-state index in [2.05, 4.69) is 5.10 Å². The summed E-state index contributed by atoms with van der Waals surface area (Å²) in [6, 6.07) is 7.12. The lowest BCUT2D eigenvalue weighted by Gasteiger charge is -2.13. The molecular formula is C12H13ClN2O. The van der Waals surface area contributed by atoms with Crippen molar-refractivity contribution in [1.29, 1.82) is 0 Å². The zero-order valence-corrected chi connectivity index (χ0v) is 10.0. The van der Waals surface area contributed by atoms with Crippen molar-refractivity contribution < 1.29 is 4.79 Å². The van der Waals surface area contributed by atoms with E-state index in [1.807, 2.05) is 13.8 Å². The molecule has 1 atom stereocenters. The van der Waals surface area contributed by atoms with Gasteiger partial charge in [-0.05, 0) is 37.6 Å². The van der Waals surface area contributed by atoms with Crippen LogP contribution in [0.15, 0.2) is 29.4 Å². The Morgan fingerprint density at radius 2 is 2.00 bits per heavy atom. The van der Waals surface area contributed by atoms with E-state index < -0.39 is 0 Å². The molecule has 0 unspecified atom stereocenters. The molecule has 0 saturated heterocycles. The zero-order chi connectivity index (χ0) is 11.7. The maximum atomic E-state index is 12.0. The Kier molecular flexibility index (Phi) is 2.97. The van der Waals surface area contributed by atoms with Gasteiger partial charge in [0.05, 0.1) is 11.6 Å². The number of nitrogens with zero attached hydrogens (tertiary/aromatic N) is 2. The van der Waals surface area contributed by atoms with Gasteiger partial charge in [0, 0.05) is 10.7 Å². The normalized spacial score (nSPS) is 20.2. The molecule has 1 heterocycles. The Morgan fingerprint density at radius 3 is 2.50 bits per heavy atom. The smallest absolute Gasteiger partial charge is 0.256 e. The highest BCUT2D eigenvalue weighted by Crippen LogP contribution is 2.26. The van der Waals surface area contributed by atoms with E-state index >= 15 is 0 Å². The first-order valence-corrected chi connectivity index (χ1v) is 5.66. The minimum Gasteiger partial charge on any atom is -0.272 e. The molecule has 1 aromatic rings. The molecule has 0 fully saturated rings. The average Bonchev–Trinajstić information content (AvgIpc) is 2.55. The molecule has 0 saturated carbocycles. The van der Waals surface area contributed by atoms with Crippen molar-refractivity contribution in [3.8, 4) is 0 Å². The van der Waals surface area contributed by atoms with Gasteiger partial charge >= 0.3 is 0 Å². The van der Waals surface area contributed by atoms with Crippen LogP contribution in [0, 0.1) is 5.92 Å². The van der Waals surface area contributed by atoms with Crippen LogP contribution in [0.3, 0.4) is 0 Å². The highest BCUT2D eigenvalue weighted by Gasteiger charge is 2.32. The fraction of sp³-hybridized carbons (Fsp3) is 0.333. The summed E-state index contributed by atoms with van der Waals surface area (Å²) in [7, 11) is 0. The number of carbonyl (C=O) groups is 1. The zero-order valence-electron chi connectivity index (χ0n) is 9.27. The van der Waals surface area contributed by atoms with Crippen molar-refractivity contribution in [2.75, 3.05) is 5.01 Å². The summed E-state index contributed by atoms with van der Waals surface area (Å²) >= 11 is 5.80. The molecule has 16 heavy (non-hydrogen) atoms. The van der Waals surface area contributed by atoms with Gasteiger partial charge in [-0.25, -0.2) is 5.01 Å². The molecule has 1 aliphatic heterocycles. The number of hydrogen-bond donors (Lipinski definition) is 0. The van der Waals surface area contributed by atoms with Crippen LogP contribution in [0.2, 0.25) is 5.02 Å². The minimum absolute atomic E-state index is 0.0438. The first kappa shape index (κ1) is 11.1. The lowest BCUT2D eigenvalue weighted by Crippen LogP contribution is -2.26. The summed E-state index contributed by atoms with van der Waals surface area (Å²) in [5.74, 6) is -0.0296. The van der Waals surface area contributed by atoms with E-state index in [1.54, 1.807) is 24.3 Å². The Hall–Kier alpha value is -1.35. The largest absolute Gasteiger partial charge is 0.272 e. The highest BCUT2D eigenvalue weighted by molar-refractivity contribution is 6.30. The van der Waals surface area contributed by atoms with E-state index in [0.29, 0.717) is 5.02 Å². The summed E-state index contributed by atoms with van der Waals surface area (Å²) in [4.78, 5) is 12.0. The van der Waals surface area contributed by atoms with Crippen molar-refractivity contribution in [3.63, 3.8) is 0 Å². The first-order chi connectivity index (χ1) is 7.63. The van der Waals surface area contributed by atoms with Gasteiger partial charge in [0.15, 0.2) is 0 Å². The van der Waals surface area contributed by atoms with Gasteiger partial charge in [0.1, 0.15) is 0 Å². The standard InChI is InChI=1S/C12H13ClN2O/c1-3-11-8(2)14-15(12(11)16)10-6-4-9(13)5-7-10/h4-7,11H,3H2,1-2H3/t11-/m0/s1. The van der Waals surface area contributed by atoms with E-state index in [1.165, 1.54) is 5.01 Å². The molecule has 1 aromatic carbocycles. The Morgan fingerprint density at radius 1 is 1.38 bits per heavy atom.